The van der Waals surface area contributed by atoms with Crippen molar-refractivity contribution in [3.63, 3.8) is 0 Å². The summed E-state index contributed by atoms with van der Waals surface area (Å²) in [5, 5.41) is 21.6. The predicted octanol–water partition coefficient (Wildman–Crippen LogP) is 4.66. The molecular weight excluding hydrogens is 326 g/mol. The SMILES string of the molecule is CCCCCCCCCCC/C=C/CC/C=C/C(O)C(CO)NC(C)=O. The van der Waals surface area contributed by atoms with Crippen LogP contribution in [0.5, 0.6) is 0 Å². The first-order valence-corrected chi connectivity index (χ1v) is 10.5. The molecule has 3 N–H and O–H groups in total. The summed E-state index contributed by atoms with van der Waals surface area (Å²) in [6, 6.07) is -0.633. The van der Waals surface area contributed by atoms with Crippen LogP contribution in [0.3, 0.4) is 0 Å². The highest BCUT2D eigenvalue weighted by molar-refractivity contribution is 5.73. The van der Waals surface area contributed by atoms with E-state index in [0.29, 0.717) is 0 Å². The molecule has 0 spiro atoms. The molecule has 2 atom stereocenters. The monoisotopic (exact) mass is 367 g/mol. The molecule has 1 amide bonds. The molecule has 26 heavy (non-hydrogen) atoms. The summed E-state index contributed by atoms with van der Waals surface area (Å²) in [7, 11) is 0. The van der Waals surface area contributed by atoms with Crippen LogP contribution < -0.4 is 5.32 Å². The smallest absolute Gasteiger partial charge is 0.217 e. The van der Waals surface area contributed by atoms with E-state index in [2.05, 4.69) is 24.4 Å². The predicted molar refractivity (Wildman–Crippen MR) is 110 cm³/mol. The Hall–Kier alpha value is -1.13. The van der Waals surface area contributed by atoms with Gasteiger partial charge in [0, 0.05) is 6.92 Å². The number of unbranched alkanes of at least 4 members (excludes halogenated alkanes) is 10. The van der Waals surface area contributed by atoms with Crippen molar-refractivity contribution in [3.05, 3.63) is 24.3 Å². The summed E-state index contributed by atoms with van der Waals surface area (Å²) in [5.74, 6) is -0.254. The quantitative estimate of drug-likeness (QED) is 0.259. The molecule has 0 saturated heterocycles. The lowest BCUT2D eigenvalue weighted by Crippen LogP contribution is -2.44. The highest BCUT2D eigenvalue weighted by Crippen LogP contribution is 2.10. The van der Waals surface area contributed by atoms with E-state index in [0.717, 1.165) is 19.3 Å². The van der Waals surface area contributed by atoms with E-state index in [4.69, 9.17) is 5.11 Å². The highest BCUT2D eigenvalue weighted by atomic mass is 16.3. The lowest BCUT2D eigenvalue weighted by molar-refractivity contribution is -0.120. The fourth-order valence-corrected chi connectivity index (χ4v) is 2.87. The van der Waals surface area contributed by atoms with Gasteiger partial charge in [-0.1, -0.05) is 82.6 Å². The van der Waals surface area contributed by atoms with Gasteiger partial charge >= 0.3 is 0 Å². The minimum absolute atomic E-state index is 0.254. The fraction of sp³-hybridized carbons (Fsp3) is 0.773. The molecule has 0 aliphatic carbocycles. The maximum absolute atomic E-state index is 11.0. The van der Waals surface area contributed by atoms with Crippen molar-refractivity contribution in [1.82, 2.24) is 5.32 Å². The molecular formula is C22H41NO3. The first-order valence-electron chi connectivity index (χ1n) is 10.5. The lowest BCUT2D eigenvalue weighted by atomic mass is 10.1. The van der Waals surface area contributed by atoms with Crippen LogP contribution in [0.15, 0.2) is 24.3 Å². The van der Waals surface area contributed by atoms with Gasteiger partial charge in [-0.15, -0.1) is 0 Å². The van der Waals surface area contributed by atoms with Crippen LogP contribution in [-0.4, -0.2) is 34.9 Å². The van der Waals surface area contributed by atoms with E-state index in [-0.39, 0.29) is 12.5 Å². The second kappa shape index (κ2) is 18.7. The van der Waals surface area contributed by atoms with E-state index >= 15 is 0 Å². The first-order chi connectivity index (χ1) is 12.6. The van der Waals surface area contributed by atoms with Gasteiger partial charge in [-0.25, -0.2) is 0 Å². The second-order valence-corrected chi connectivity index (χ2v) is 7.07. The molecule has 0 heterocycles. The molecule has 152 valence electrons. The average Bonchev–Trinajstić information content (AvgIpc) is 2.62. The van der Waals surface area contributed by atoms with Crippen LogP contribution in [0.2, 0.25) is 0 Å². The largest absolute Gasteiger partial charge is 0.394 e. The van der Waals surface area contributed by atoms with Crippen molar-refractivity contribution < 1.29 is 15.0 Å². The van der Waals surface area contributed by atoms with E-state index in [1.54, 1.807) is 6.08 Å². The first kappa shape index (κ1) is 24.9. The third kappa shape index (κ3) is 16.3. The molecule has 0 aromatic carbocycles. The van der Waals surface area contributed by atoms with Gasteiger partial charge < -0.3 is 15.5 Å². The molecule has 0 aliphatic rings. The maximum atomic E-state index is 11.0. The van der Waals surface area contributed by atoms with Crippen molar-refractivity contribution in [2.75, 3.05) is 6.61 Å². The molecule has 0 rings (SSSR count). The number of hydrogen-bond donors (Lipinski definition) is 3. The zero-order valence-corrected chi connectivity index (χ0v) is 17.0. The number of carbonyl (C=O) groups is 1. The van der Waals surface area contributed by atoms with Crippen LogP contribution in [0.4, 0.5) is 0 Å². The van der Waals surface area contributed by atoms with Crippen molar-refractivity contribution in [2.45, 2.75) is 103 Å². The number of allylic oxidation sites excluding steroid dienone is 3. The molecule has 0 aromatic heterocycles. The third-order valence-electron chi connectivity index (χ3n) is 4.47. The standard InChI is InChI=1S/C22H41NO3/c1-3-4-5-6-7-8-9-10-11-12-13-14-15-16-17-18-22(26)21(19-24)23-20(2)25/h13-14,17-18,21-22,24,26H,3-12,15-16,19H2,1-2H3,(H,23,25)/b14-13+,18-17+. The van der Waals surface area contributed by atoms with Gasteiger partial charge in [0.05, 0.1) is 18.8 Å². The number of nitrogens with one attached hydrogen (secondary N) is 1. The molecule has 0 saturated carbocycles. The molecule has 0 radical (unpaired) electrons. The summed E-state index contributed by atoms with van der Waals surface area (Å²) in [6.07, 6.45) is 22.3. The normalized spacial score (nSPS) is 14.2. The summed E-state index contributed by atoms with van der Waals surface area (Å²) < 4.78 is 0. The summed E-state index contributed by atoms with van der Waals surface area (Å²) in [4.78, 5) is 11.0. The van der Waals surface area contributed by atoms with Gasteiger partial charge in [-0.3, -0.25) is 4.79 Å². The minimum atomic E-state index is -0.852. The third-order valence-corrected chi connectivity index (χ3v) is 4.47. The van der Waals surface area contributed by atoms with Crippen LogP contribution in [0.1, 0.15) is 90.9 Å². The van der Waals surface area contributed by atoms with Crippen LogP contribution in [0, 0.1) is 0 Å². The van der Waals surface area contributed by atoms with Crippen molar-refractivity contribution in [2.24, 2.45) is 0 Å². The van der Waals surface area contributed by atoms with Crippen LogP contribution in [-0.2, 0) is 4.79 Å². The Morgan fingerprint density at radius 1 is 0.885 bits per heavy atom. The summed E-state index contributed by atoms with van der Waals surface area (Å²) in [5.41, 5.74) is 0. The van der Waals surface area contributed by atoms with Crippen LogP contribution >= 0.6 is 0 Å². The van der Waals surface area contributed by atoms with Gasteiger partial charge in [0.15, 0.2) is 0 Å². The van der Waals surface area contributed by atoms with Crippen molar-refractivity contribution in [1.29, 1.82) is 0 Å². The summed E-state index contributed by atoms with van der Waals surface area (Å²) in [6.45, 7) is 3.36. The van der Waals surface area contributed by atoms with Gasteiger partial charge in [-0.2, -0.15) is 0 Å². The minimum Gasteiger partial charge on any atom is -0.394 e. The van der Waals surface area contributed by atoms with Gasteiger partial charge in [0.1, 0.15) is 0 Å². The average molecular weight is 368 g/mol. The topological polar surface area (TPSA) is 69.6 Å². The van der Waals surface area contributed by atoms with E-state index < -0.39 is 12.1 Å². The Labute approximate surface area is 160 Å². The molecule has 0 fully saturated rings. The van der Waals surface area contributed by atoms with Crippen LogP contribution in [0.25, 0.3) is 0 Å². The Bertz CT molecular complexity index is 380. The number of amides is 1. The maximum Gasteiger partial charge on any atom is 0.217 e. The van der Waals surface area contributed by atoms with Gasteiger partial charge in [0.2, 0.25) is 5.91 Å². The van der Waals surface area contributed by atoms with Crippen molar-refractivity contribution in [3.8, 4) is 0 Å². The summed E-state index contributed by atoms with van der Waals surface area (Å²) >= 11 is 0. The zero-order chi connectivity index (χ0) is 19.5. The zero-order valence-electron chi connectivity index (χ0n) is 17.0. The van der Waals surface area contributed by atoms with Crippen molar-refractivity contribution >= 4 is 5.91 Å². The van der Waals surface area contributed by atoms with Gasteiger partial charge in [-0.05, 0) is 25.7 Å². The Kier molecular flexibility index (Phi) is 17.8. The fourth-order valence-electron chi connectivity index (χ4n) is 2.87. The van der Waals surface area contributed by atoms with E-state index in [9.17, 15) is 9.90 Å². The molecule has 2 unspecified atom stereocenters. The molecule has 4 nitrogen and oxygen atoms in total. The Balaban J connectivity index is 3.53. The molecule has 0 bridgehead atoms. The van der Waals surface area contributed by atoms with E-state index in [1.165, 1.54) is 64.7 Å². The Morgan fingerprint density at radius 2 is 1.42 bits per heavy atom. The highest BCUT2D eigenvalue weighted by Gasteiger charge is 2.15. The molecule has 0 aliphatic heterocycles. The molecule has 4 heteroatoms. The molecule has 0 aromatic rings. The number of carbonyl (C=O) groups excluding carboxylic acids is 1. The second-order valence-electron chi connectivity index (χ2n) is 7.07. The lowest BCUT2D eigenvalue weighted by Gasteiger charge is -2.18. The number of hydrogen-bond acceptors (Lipinski definition) is 3. The van der Waals surface area contributed by atoms with E-state index in [1.807, 2.05) is 6.08 Å². The number of aliphatic hydroxyl groups excluding tert-OH is 2. The number of rotatable bonds is 17. The number of aliphatic hydroxyl groups is 2. The Morgan fingerprint density at radius 3 is 2.00 bits per heavy atom. The van der Waals surface area contributed by atoms with Gasteiger partial charge in [0.25, 0.3) is 0 Å².